The van der Waals surface area contributed by atoms with Crippen LogP contribution in [0.1, 0.15) is 29.7 Å². The number of nitrogens with one attached hydrogen (secondary N) is 1. The summed E-state index contributed by atoms with van der Waals surface area (Å²) in [5.41, 5.74) is 3.10. The molecule has 0 aliphatic carbocycles. The molecule has 10 heteroatoms. The Labute approximate surface area is 224 Å². The smallest absolute Gasteiger partial charge is 0.320 e. The van der Waals surface area contributed by atoms with Crippen molar-refractivity contribution in [1.29, 1.82) is 5.26 Å². The lowest BCUT2D eigenvalue weighted by Gasteiger charge is -2.41. The van der Waals surface area contributed by atoms with Crippen molar-refractivity contribution in [2.24, 2.45) is 5.92 Å². The zero-order valence-corrected chi connectivity index (χ0v) is 22.1. The van der Waals surface area contributed by atoms with Crippen molar-refractivity contribution in [1.82, 2.24) is 25.1 Å². The highest BCUT2D eigenvalue weighted by Crippen LogP contribution is 2.29. The van der Waals surface area contributed by atoms with E-state index in [1.54, 1.807) is 0 Å². The summed E-state index contributed by atoms with van der Waals surface area (Å²) in [5, 5.41) is 12.9. The number of benzene rings is 1. The molecule has 0 radical (unpaired) electrons. The van der Waals surface area contributed by atoms with Gasteiger partial charge in [-0.2, -0.15) is 15.2 Å². The fourth-order valence-electron chi connectivity index (χ4n) is 5.54. The highest BCUT2D eigenvalue weighted by molar-refractivity contribution is 5.71. The number of piperazine rings is 1. The number of likely N-dealkylation sites (tertiary alicyclic amines) is 1. The summed E-state index contributed by atoms with van der Waals surface area (Å²) in [6.07, 6.45) is 2.31. The summed E-state index contributed by atoms with van der Waals surface area (Å²) in [4.78, 5) is 28.9. The van der Waals surface area contributed by atoms with E-state index in [2.05, 4.69) is 33.1 Å². The van der Waals surface area contributed by atoms with Gasteiger partial charge in [0.1, 0.15) is 12.4 Å². The molecular weight excluding hydrogens is 482 g/mol. The minimum Gasteiger partial charge on any atom is -0.463 e. The molecular formula is C28H37N7O3. The monoisotopic (exact) mass is 519 g/mol. The SMILES string of the molecule is CN1CC[C@@H](COc2nc3c(c(N4CCN(CC(=O)OCc5ccccc5)C(CC#N)C4)n2)CCNC3)C1. The number of anilines is 1. The van der Waals surface area contributed by atoms with E-state index < -0.39 is 0 Å². The predicted octanol–water partition coefficient (Wildman–Crippen LogP) is 1.60. The molecule has 2 saturated heterocycles. The Morgan fingerprint density at radius 2 is 2.05 bits per heavy atom. The Balaban J connectivity index is 1.25. The third-order valence-electron chi connectivity index (χ3n) is 7.64. The number of nitrogens with zero attached hydrogens (tertiary/aromatic N) is 6. The van der Waals surface area contributed by atoms with E-state index in [9.17, 15) is 10.1 Å². The fraction of sp³-hybridized carbons (Fsp3) is 0.571. The van der Waals surface area contributed by atoms with Gasteiger partial charge in [-0.1, -0.05) is 30.3 Å². The maximum Gasteiger partial charge on any atom is 0.320 e. The third-order valence-corrected chi connectivity index (χ3v) is 7.64. The molecule has 5 rings (SSSR count). The van der Waals surface area contributed by atoms with E-state index in [0.717, 1.165) is 55.1 Å². The maximum absolute atomic E-state index is 12.6. The van der Waals surface area contributed by atoms with Gasteiger partial charge >= 0.3 is 12.0 Å². The molecule has 2 aromatic rings. The second-order valence-electron chi connectivity index (χ2n) is 10.5. The number of rotatable bonds is 9. The number of fused-ring (bicyclic) bond motifs is 1. The Kier molecular flexibility index (Phi) is 8.68. The van der Waals surface area contributed by atoms with Crippen LogP contribution in [0.4, 0.5) is 5.82 Å². The second-order valence-corrected chi connectivity index (χ2v) is 10.5. The highest BCUT2D eigenvalue weighted by Gasteiger charge is 2.32. The van der Waals surface area contributed by atoms with Crippen LogP contribution in [0, 0.1) is 17.2 Å². The number of esters is 1. The molecule has 1 unspecified atom stereocenters. The molecule has 1 aromatic heterocycles. The molecule has 1 N–H and O–H groups in total. The van der Waals surface area contributed by atoms with Crippen LogP contribution in [0.2, 0.25) is 0 Å². The van der Waals surface area contributed by atoms with E-state index >= 15 is 0 Å². The van der Waals surface area contributed by atoms with Crippen LogP contribution in [-0.4, -0.2) is 91.2 Å². The van der Waals surface area contributed by atoms with Crippen molar-refractivity contribution in [3.05, 3.63) is 47.2 Å². The summed E-state index contributed by atoms with van der Waals surface area (Å²) >= 11 is 0. The number of hydrogen-bond donors (Lipinski definition) is 1. The minimum atomic E-state index is -0.274. The van der Waals surface area contributed by atoms with Crippen molar-refractivity contribution in [2.45, 2.75) is 38.5 Å². The van der Waals surface area contributed by atoms with Crippen molar-refractivity contribution < 1.29 is 14.3 Å². The molecule has 0 saturated carbocycles. The molecule has 0 spiro atoms. The summed E-state index contributed by atoms with van der Waals surface area (Å²) in [7, 11) is 2.14. The lowest BCUT2D eigenvalue weighted by atomic mass is 10.0. The van der Waals surface area contributed by atoms with Gasteiger partial charge in [0.15, 0.2) is 0 Å². The zero-order valence-electron chi connectivity index (χ0n) is 22.1. The van der Waals surface area contributed by atoms with Gasteiger partial charge in [-0.25, -0.2) is 0 Å². The third kappa shape index (κ3) is 6.59. The van der Waals surface area contributed by atoms with Crippen molar-refractivity contribution in [2.75, 3.05) is 64.4 Å². The molecule has 1 aromatic carbocycles. The predicted molar refractivity (Wildman–Crippen MR) is 143 cm³/mol. The van der Waals surface area contributed by atoms with Crippen LogP contribution in [0.15, 0.2) is 30.3 Å². The maximum atomic E-state index is 12.6. The van der Waals surface area contributed by atoms with Gasteiger partial charge in [0, 0.05) is 50.2 Å². The lowest BCUT2D eigenvalue weighted by Crippen LogP contribution is -2.55. The number of carbonyl (C=O) groups is 1. The number of nitriles is 1. The number of ether oxygens (including phenoxy) is 2. The molecule has 10 nitrogen and oxygen atoms in total. The first-order chi connectivity index (χ1) is 18.6. The van der Waals surface area contributed by atoms with Crippen LogP contribution in [0.3, 0.4) is 0 Å². The Morgan fingerprint density at radius 1 is 1.18 bits per heavy atom. The number of carbonyl (C=O) groups excluding carboxylic acids is 1. The second kappa shape index (κ2) is 12.5. The number of hydrogen-bond acceptors (Lipinski definition) is 10. The van der Waals surface area contributed by atoms with Gasteiger partial charge in [-0.05, 0) is 38.5 Å². The Hall–Kier alpha value is -3.26. The normalized spacial score (nSPS) is 22.1. The van der Waals surface area contributed by atoms with Gasteiger partial charge < -0.3 is 24.6 Å². The molecule has 2 atom stereocenters. The molecule has 0 amide bonds. The van der Waals surface area contributed by atoms with E-state index in [4.69, 9.17) is 19.4 Å². The van der Waals surface area contributed by atoms with Crippen LogP contribution < -0.4 is 15.0 Å². The first-order valence-corrected chi connectivity index (χ1v) is 13.6. The number of aromatic nitrogens is 2. The Bertz CT molecular complexity index is 1140. The quantitative estimate of drug-likeness (QED) is 0.491. The first kappa shape index (κ1) is 26.4. The fourth-order valence-corrected chi connectivity index (χ4v) is 5.54. The molecule has 3 aliphatic rings. The molecule has 0 bridgehead atoms. The zero-order chi connectivity index (χ0) is 26.3. The molecule has 3 aliphatic heterocycles. The molecule has 38 heavy (non-hydrogen) atoms. The van der Waals surface area contributed by atoms with Gasteiger partial charge in [-0.3, -0.25) is 9.69 Å². The largest absolute Gasteiger partial charge is 0.463 e. The molecule has 2 fully saturated rings. The lowest BCUT2D eigenvalue weighted by molar-refractivity contribution is -0.147. The minimum absolute atomic E-state index is 0.0937. The highest BCUT2D eigenvalue weighted by atomic mass is 16.5. The van der Waals surface area contributed by atoms with Crippen LogP contribution in [-0.2, 0) is 29.1 Å². The van der Waals surface area contributed by atoms with Crippen LogP contribution in [0.25, 0.3) is 0 Å². The van der Waals surface area contributed by atoms with Crippen molar-refractivity contribution in [3.8, 4) is 12.1 Å². The van der Waals surface area contributed by atoms with E-state index in [-0.39, 0.29) is 25.2 Å². The standard InChI is InChI=1S/C28H37N7O3/c1-33-12-9-22(16-33)20-38-28-31-25-15-30-11-8-24(25)27(32-28)35-14-13-34(23(17-35)7-10-29)18-26(36)37-19-21-5-3-2-4-6-21/h2-6,22-23,30H,7-9,11-20H2,1H3/t22-,23?/m1/s1. The topological polar surface area (TPSA) is 107 Å². The summed E-state index contributed by atoms with van der Waals surface area (Å²) in [6, 6.07) is 12.3. The van der Waals surface area contributed by atoms with Crippen LogP contribution in [0.5, 0.6) is 6.01 Å². The average molecular weight is 520 g/mol. The Morgan fingerprint density at radius 3 is 2.84 bits per heavy atom. The van der Waals surface area contributed by atoms with Crippen molar-refractivity contribution in [3.63, 3.8) is 0 Å². The van der Waals surface area contributed by atoms with Gasteiger partial charge in [0.25, 0.3) is 0 Å². The van der Waals surface area contributed by atoms with Crippen LogP contribution >= 0.6 is 0 Å². The molecule has 202 valence electrons. The van der Waals surface area contributed by atoms with Crippen molar-refractivity contribution >= 4 is 11.8 Å². The summed E-state index contributed by atoms with van der Waals surface area (Å²) in [6.45, 7) is 6.71. The summed E-state index contributed by atoms with van der Waals surface area (Å²) < 4.78 is 11.6. The van der Waals surface area contributed by atoms with Gasteiger partial charge in [0.05, 0.1) is 31.3 Å². The summed E-state index contributed by atoms with van der Waals surface area (Å²) in [5.74, 6) is 1.12. The van der Waals surface area contributed by atoms with Gasteiger partial charge in [0.2, 0.25) is 0 Å². The van der Waals surface area contributed by atoms with E-state index in [1.807, 2.05) is 30.3 Å². The molecule has 4 heterocycles. The first-order valence-electron chi connectivity index (χ1n) is 13.6. The average Bonchev–Trinajstić information content (AvgIpc) is 3.37. The van der Waals surface area contributed by atoms with Gasteiger partial charge in [-0.15, -0.1) is 0 Å². The van der Waals surface area contributed by atoms with E-state index in [1.165, 1.54) is 0 Å². The van der Waals surface area contributed by atoms with E-state index in [0.29, 0.717) is 51.1 Å².